The van der Waals surface area contributed by atoms with E-state index in [1.54, 1.807) is 60.8 Å². The molecule has 4 aromatic heterocycles. The zero-order valence-electron chi connectivity index (χ0n) is 40.5. The fourth-order valence-electron chi connectivity index (χ4n) is 4.75. The minimum absolute atomic E-state index is 0.0972. The van der Waals surface area contributed by atoms with Crippen LogP contribution < -0.4 is 18.9 Å². The summed E-state index contributed by atoms with van der Waals surface area (Å²) in [5.74, 6) is -0.767. The second kappa shape index (κ2) is 33.7. The van der Waals surface area contributed by atoms with E-state index in [9.17, 15) is 33.2 Å². The van der Waals surface area contributed by atoms with E-state index in [-0.39, 0.29) is 17.0 Å². The number of carbonyl (C=O) groups excluding carboxylic acids is 4. The van der Waals surface area contributed by atoms with Gasteiger partial charge in [0.05, 0.1) is 11.3 Å². The van der Waals surface area contributed by atoms with Gasteiger partial charge >= 0.3 is 11.9 Å². The molecule has 0 aliphatic rings. The van der Waals surface area contributed by atoms with Crippen LogP contribution in [0.15, 0.2) is 128 Å². The third kappa shape index (κ3) is 26.4. The number of nitrogens with zero attached hydrogens (tertiary/aromatic N) is 4. The molecule has 372 valence electrons. The second-order valence-electron chi connectivity index (χ2n) is 14.6. The van der Waals surface area contributed by atoms with Crippen molar-refractivity contribution in [1.29, 1.82) is 0 Å². The van der Waals surface area contributed by atoms with Gasteiger partial charge in [-0.25, -0.2) is 23.9 Å². The molecule has 0 saturated carbocycles. The van der Waals surface area contributed by atoms with Gasteiger partial charge in [0.15, 0.2) is 0 Å². The van der Waals surface area contributed by atoms with E-state index >= 15 is 0 Å². The highest BCUT2D eigenvalue weighted by atomic mass is 35.5. The summed E-state index contributed by atoms with van der Waals surface area (Å²) in [7, 11) is 0. The summed E-state index contributed by atoms with van der Waals surface area (Å²) in [5, 5.41) is 17.4. The Morgan fingerprint density at radius 2 is 1.04 bits per heavy atom. The Kier molecular flexibility index (Phi) is 28.6. The Hall–Kier alpha value is -8.70. The number of aromatic carboxylic acids is 2. The van der Waals surface area contributed by atoms with E-state index in [0.717, 1.165) is 45.8 Å². The first-order valence-electron chi connectivity index (χ1n) is 20.9. The van der Waals surface area contributed by atoms with Crippen LogP contribution >= 0.6 is 11.6 Å². The monoisotopic (exact) mass is 992 g/mol. The molecule has 3 aromatic carbocycles. The molecule has 0 amide bonds. The molecule has 0 atom stereocenters. The molecule has 0 aliphatic heterocycles. The van der Waals surface area contributed by atoms with Crippen LogP contribution in [0, 0.1) is 68.1 Å². The average molecular weight is 993 g/mol. The molecule has 4 heterocycles. The third-order valence-electron chi connectivity index (χ3n) is 8.64. The largest absolute Gasteiger partial charge is 0.478 e. The Morgan fingerprint density at radius 3 is 1.52 bits per heavy atom. The number of pyridine rings is 4. The lowest BCUT2D eigenvalue weighted by atomic mass is 10.2. The number of rotatable bonds is 10. The fourth-order valence-corrected chi connectivity index (χ4v) is 4.92. The van der Waals surface area contributed by atoms with E-state index in [0.29, 0.717) is 54.0 Å². The molecule has 0 fully saturated rings. The van der Waals surface area contributed by atoms with Gasteiger partial charge in [0.2, 0.25) is 5.88 Å². The first-order valence-corrected chi connectivity index (χ1v) is 21.3. The number of hydrogen-bond acceptors (Lipinski definition) is 14. The Bertz CT molecular complexity index is 2720. The highest BCUT2D eigenvalue weighted by molar-refractivity contribution is 6.31. The number of benzene rings is 3. The minimum atomic E-state index is -1.17. The SMILES string of the molecule is Cc1ccc(OC=O)cc1.Cc1ccc(OC=O)cc1Cl.Cc1ccc(OC=O)nc1.Cc1cccc(OC=O)c1.Cc1ccnc(C(=O)O)c1.Cc1cnc(C)c(C)c1.Cc1ncc(C(=O)O)cc1F. The number of carboxylic acids is 2. The molecule has 0 radical (unpaired) electrons. The van der Waals surface area contributed by atoms with Crippen molar-refractivity contribution in [2.75, 3.05) is 0 Å². The number of aromatic nitrogens is 4. The van der Waals surface area contributed by atoms with Gasteiger partial charge in [-0.2, -0.15) is 0 Å². The van der Waals surface area contributed by atoms with Crippen molar-refractivity contribution in [3.05, 3.63) is 200 Å². The first-order chi connectivity index (χ1) is 33.7. The van der Waals surface area contributed by atoms with E-state index < -0.39 is 17.8 Å². The van der Waals surface area contributed by atoms with Crippen molar-refractivity contribution in [1.82, 2.24) is 19.9 Å². The summed E-state index contributed by atoms with van der Waals surface area (Å²) in [6.45, 7) is 18.8. The van der Waals surface area contributed by atoms with E-state index in [4.69, 9.17) is 21.8 Å². The molecule has 0 aliphatic carbocycles. The van der Waals surface area contributed by atoms with Crippen LogP contribution in [0.5, 0.6) is 23.1 Å². The van der Waals surface area contributed by atoms with Gasteiger partial charge in [-0.15, -0.1) is 0 Å². The summed E-state index contributed by atoms with van der Waals surface area (Å²) in [6, 6.07) is 29.5. The van der Waals surface area contributed by atoms with Gasteiger partial charge in [0.1, 0.15) is 28.8 Å². The topological polar surface area (TPSA) is 231 Å². The summed E-state index contributed by atoms with van der Waals surface area (Å²) in [5.41, 5.74) is 8.95. The lowest BCUT2D eigenvalue weighted by Crippen LogP contribution is -1.99. The van der Waals surface area contributed by atoms with Crippen LogP contribution in [-0.4, -0.2) is 68.0 Å². The van der Waals surface area contributed by atoms with Gasteiger partial charge in [-0.1, -0.05) is 59.6 Å². The summed E-state index contributed by atoms with van der Waals surface area (Å²) in [6.07, 6.45) is 6.14. The Labute approximate surface area is 416 Å². The summed E-state index contributed by atoms with van der Waals surface area (Å²) in [4.78, 5) is 75.1. The Balaban J connectivity index is 0.000000414. The highest BCUT2D eigenvalue weighted by Crippen LogP contribution is 2.21. The van der Waals surface area contributed by atoms with Gasteiger partial charge in [0.25, 0.3) is 25.9 Å². The predicted octanol–water partition coefficient (Wildman–Crippen LogP) is 10.5. The molecular weight excluding hydrogens is 939 g/mol. The average Bonchev–Trinajstić information content (AvgIpc) is 3.33. The van der Waals surface area contributed by atoms with Crippen LogP contribution in [0.4, 0.5) is 4.39 Å². The van der Waals surface area contributed by atoms with Crippen LogP contribution in [0.25, 0.3) is 0 Å². The standard InChI is InChI=1S/C8H7ClO2.C8H11N.2C8H8O2.C7H6FNO2.2C7H7NO2/c1-6-2-3-7(11-5-10)4-8(6)9;1-6-4-7(2)8(3)9-5-6;1-7-2-4-8(5-3-7)10-6-9;1-7-3-2-4-8(5-7)10-6-9;1-4-6(8)2-5(3-9-4)7(10)11;1-6-2-3-7(8-4-6)10-5-9;1-5-2-3-8-6(4-5)7(9)10/h2-5H,1H3;4-5H,1-3H3;2*2-6H,1H3;2-3H,1H3,(H,10,11);2-5H,1H3;2-4H,1H3,(H,9,10). The predicted molar refractivity (Wildman–Crippen MR) is 265 cm³/mol. The number of carbonyl (C=O) groups is 6. The van der Waals surface area contributed by atoms with Crippen molar-refractivity contribution in [3.8, 4) is 23.1 Å². The number of ether oxygens (including phenoxy) is 4. The van der Waals surface area contributed by atoms with Gasteiger partial charge in [-0.05, 0) is 150 Å². The quantitative estimate of drug-likeness (QED) is 0.121. The van der Waals surface area contributed by atoms with Crippen molar-refractivity contribution >= 4 is 49.4 Å². The van der Waals surface area contributed by atoms with Crippen LogP contribution in [0.3, 0.4) is 0 Å². The molecule has 71 heavy (non-hydrogen) atoms. The molecule has 18 heteroatoms. The van der Waals surface area contributed by atoms with Gasteiger partial charge < -0.3 is 29.2 Å². The van der Waals surface area contributed by atoms with Crippen LogP contribution in [0.1, 0.15) is 71.2 Å². The highest BCUT2D eigenvalue weighted by Gasteiger charge is 2.06. The lowest BCUT2D eigenvalue weighted by molar-refractivity contribution is -0.121. The molecule has 0 bridgehead atoms. The third-order valence-corrected chi connectivity index (χ3v) is 9.05. The number of halogens is 2. The van der Waals surface area contributed by atoms with Gasteiger partial charge in [0, 0.05) is 41.6 Å². The van der Waals surface area contributed by atoms with Crippen molar-refractivity contribution in [2.24, 2.45) is 0 Å². The van der Waals surface area contributed by atoms with Crippen molar-refractivity contribution in [3.63, 3.8) is 0 Å². The molecule has 16 nitrogen and oxygen atoms in total. The maximum absolute atomic E-state index is 12.6. The number of carboxylic acid groups (broad SMARTS) is 2. The lowest BCUT2D eigenvalue weighted by Gasteiger charge is -1.99. The molecule has 0 spiro atoms. The zero-order chi connectivity index (χ0) is 53.3. The van der Waals surface area contributed by atoms with Crippen LogP contribution in [-0.2, 0) is 19.2 Å². The second-order valence-corrected chi connectivity index (χ2v) is 15.0. The maximum atomic E-state index is 12.6. The number of aryl methyl sites for hydroxylation is 9. The molecule has 0 unspecified atom stereocenters. The van der Waals surface area contributed by atoms with E-state index in [1.165, 1.54) is 30.3 Å². The summed E-state index contributed by atoms with van der Waals surface area (Å²) < 4.78 is 30.8. The maximum Gasteiger partial charge on any atom is 0.354 e. The van der Waals surface area contributed by atoms with Crippen LogP contribution in [0.2, 0.25) is 5.02 Å². The Morgan fingerprint density at radius 1 is 0.493 bits per heavy atom. The van der Waals surface area contributed by atoms with Crippen molar-refractivity contribution in [2.45, 2.75) is 62.3 Å². The normalized spacial score (nSPS) is 9.23. The smallest absolute Gasteiger partial charge is 0.354 e. The fraction of sp³-hybridized carbons (Fsp3) is 0.170. The van der Waals surface area contributed by atoms with Gasteiger partial charge in [-0.3, -0.25) is 29.1 Å². The van der Waals surface area contributed by atoms with E-state index in [1.807, 2.05) is 78.1 Å². The molecule has 0 saturated heterocycles. The molecular formula is C53H54ClFN4O12. The summed E-state index contributed by atoms with van der Waals surface area (Å²) >= 11 is 5.75. The number of hydrogen-bond donors (Lipinski definition) is 2. The van der Waals surface area contributed by atoms with Crippen molar-refractivity contribution < 1.29 is 62.3 Å². The molecule has 7 rings (SSSR count). The molecule has 7 aromatic rings. The minimum Gasteiger partial charge on any atom is -0.478 e. The first kappa shape index (κ1) is 60.3. The molecule has 2 N–H and O–H groups in total. The van der Waals surface area contributed by atoms with E-state index in [2.05, 4.69) is 58.8 Å². The zero-order valence-corrected chi connectivity index (χ0v) is 41.2.